The molecule has 0 saturated carbocycles. The van der Waals surface area contributed by atoms with Crippen molar-refractivity contribution in [2.75, 3.05) is 26.3 Å². The highest BCUT2D eigenvalue weighted by Gasteiger charge is 2.27. The number of likely N-dealkylation sites (tertiary alicyclic amines) is 1. The molecule has 0 aromatic carbocycles. The van der Waals surface area contributed by atoms with Crippen molar-refractivity contribution in [2.24, 2.45) is 0 Å². The number of hydrogen-bond acceptors (Lipinski definition) is 5. The Hall–Kier alpha value is -1.96. The van der Waals surface area contributed by atoms with Gasteiger partial charge in [0.15, 0.2) is 5.82 Å². The van der Waals surface area contributed by atoms with E-state index in [1.807, 2.05) is 0 Å². The highest BCUT2D eigenvalue weighted by Crippen LogP contribution is 2.16. The minimum atomic E-state index is -0.501. The number of carbonyl (C=O) groups is 1. The number of rotatable bonds is 3. The van der Waals surface area contributed by atoms with Crippen LogP contribution in [0, 0.1) is 5.82 Å². The summed E-state index contributed by atoms with van der Waals surface area (Å²) in [5.41, 5.74) is 0. The van der Waals surface area contributed by atoms with Crippen LogP contribution in [0.3, 0.4) is 0 Å². The third kappa shape index (κ3) is 4.51. The number of hydrogen-bond donors (Lipinski definition) is 1. The Morgan fingerprint density at radius 2 is 2.04 bits per heavy atom. The molecule has 1 aromatic rings. The molecule has 2 fully saturated rings. The summed E-state index contributed by atoms with van der Waals surface area (Å²) in [6.45, 7) is 2.58. The smallest absolute Gasteiger partial charge is 0.317 e. The zero-order chi connectivity index (χ0) is 16.1. The second kappa shape index (κ2) is 7.54. The first-order valence-corrected chi connectivity index (χ1v) is 7.98. The van der Waals surface area contributed by atoms with Crippen LogP contribution in [-0.4, -0.2) is 59.3 Å². The van der Waals surface area contributed by atoms with Crippen molar-refractivity contribution < 1.29 is 18.7 Å². The summed E-state index contributed by atoms with van der Waals surface area (Å²) in [7, 11) is 0. The normalized spacial score (nSPS) is 22.7. The average Bonchev–Trinajstić information content (AvgIpc) is 2.58. The molecule has 0 aliphatic carbocycles. The van der Waals surface area contributed by atoms with E-state index in [1.54, 1.807) is 4.90 Å². The standard InChI is InChI=1S/C15H21FN4O3/c16-11-8-17-14(18-9-11)23-13-2-1-5-20(10-13)15(21)19-12-3-6-22-7-4-12/h8-9,12-13H,1-7,10H2,(H,19,21). The van der Waals surface area contributed by atoms with Crippen LogP contribution in [0.25, 0.3) is 0 Å². The number of nitrogens with zero attached hydrogens (tertiary/aromatic N) is 3. The van der Waals surface area contributed by atoms with Crippen LogP contribution >= 0.6 is 0 Å². The van der Waals surface area contributed by atoms with E-state index in [2.05, 4.69) is 15.3 Å². The lowest BCUT2D eigenvalue weighted by Crippen LogP contribution is -2.51. The van der Waals surface area contributed by atoms with E-state index in [0.717, 1.165) is 38.1 Å². The monoisotopic (exact) mass is 324 g/mol. The lowest BCUT2D eigenvalue weighted by atomic mass is 10.1. The lowest BCUT2D eigenvalue weighted by Gasteiger charge is -2.34. The van der Waals surface area contributed by atoms with Crippen LogP contribution in [-0.2, 0) is 4.74 Å². The molecule has 7 nitrogen and oxygen atoms in total. The van der Waals surface area contributed by atoms with Gasteiger partial charge in [0.05, 0.1) is 18.9 Å². The minimum absolute atomic E-state index is 0.0646. The number of ether oxygens (including phenoxy) is 2. The molecule has 1 N–H and O–H groups in total. The zero-order valence-electron chi connectivity index (χ0n) is 12.9. The number of amides is 2. The van der Waals surface area contributed by atoms with E-state index in [-0.39, 0.29) is 24.2 Å². The van der Waals surface area contributed by atoms with Gasteiger partial charge in [0.1, 0.15) is 6.10 Å². The van der Waals surface area contributed by atoms with Crippen molar-refractivity contribution in [1.82, 2.24) is 20.2 Å². The van der Waals surface area contributed by atoms with Gasteiger partial charge in [-0.2, -0.15) is 0 Å². The molecule has 126 valence electrons. The van der Waals surface area contributed by atoms with E-state index in [4.69, 9.17) is 9.47 Å². The van der Waals surface area contributed by atoms with E-state index < -0.39 is 5.82 Å². The average molecular weight is 324 g/mol. The molecule has 1 aromatic heterocycles. The third-order valence-corrected chi connectivity index (χ3v) is 4.08. The molecular weight excluding hydrogens is 303 g/mol. The van der Waals surface area contributed by atoms with Crippen LogP contribution in [0.15, 0.2) is 12.4 Å². The molecule has 0 spiro atoms. The molecule has 2 aliphatic rings. The lowest BCUT2D eigenvalue weighted by molar-refractivity contribution is 0.0710. The van der Waals surface area contributed by atoms with Crippen LogP contribution in [0.2, 0.25) is 0 Å². The quantitative estimate of drug-likeness (QED) is 0.908. The molecular formula is C15H21FN4O3. The predicted octanol–water partition coefficient (Wildman–Crippen LogP) is 1.35. The molecule has 0 bridgehead atoms. The van der Waals surface area contributed by atoms with Gasteiger partial charge in [-0.05, 0) is 25.7 Å². The van der Waals surface area contributed by atoms with Gasteiger partial charge >= 0.3 is 12.0 Å². The van der Waals surface area contributed by atoms with Crippen molar-refractivity contribution in [1.29, 1.82) is 0 Å². The van der Waals surface area contributed by atoms with Gasteiger partial charge in [-0.1, -0.05) is 0 Å². The fourth-order valence-electron chi connectivity index (χ4n) is 2.84. The second-order valence-electron chi connectivity index (χ2n) is 5.85. The third-order valence-electron chi connectivity index (χ3n) is 4.08. The van der Waals surface area contributed by atoms with Crippen LogP contribution in [0.4, 0.5) is 9.18 Å². The van der Waals surface area contributed by atoms with Crippen LogP contribution in [0.5, 0.6) is 6.01 Å². The van der Waals surface area contributed by atoms with Crippen molar-refractivity contribution in [2.45, 2.75) is 37.8 Å². The largest absolute Gasteiger partial charge is 0.458 e. The number of nitrogens with one attached hydrogen (secondary N) is 1. The van der Waals surface area contributed by atoms with Gasteiger partial charge in [0.2, 0.25) is 0 Å². The van der Waals surface area contributed by atoms with Gasteiger partial charge in [-0.25, -0.2) is 19.2 Å². The van der Waals surface area contributed by atoms with Crippen molar-refractivity contribution >= 4 is 6.03 Å². The molecule has 3 heterocycles. The highest BCUT2D eigenvalue weighted by atomic mass is 19.1. The number of halogens is 1. The molecule has 8 heteroatoms. The van der Waals surface area contributed by atoms with Gasteiger partial charge in [-0.15, -0.1) is 0 Å². The molecule has 2 saturated heterocycles. The molecule has 1 unspecified atom stereocenters. The van der Waals surface area contributed by atoms with Crippen molar-refractivity contribution in [3.05, 3.63) is 18.2 Å². The van der Waals surface area contributed by atoms with Crippen molar-refractivity contribution in [3.8, 4) is 6.01 Å². The first-order chi connectivity index (χ1) is 11.2. The van der Waals surface area contributed by atoms with Crippen LogP contribution < -0.4 is 10.1 Å². The van der Waals surface area contributed by atoms with Gasteiger partial charge < -0.3 is 19.7 Å². The maximum Gasteiger partial charge on any atom is 0.317 e. The van der Waals surface area contributed by atoms with Gasteiger partial charge in [0.25, 0.3) is 0 Å². The molecule has 2 aliphatic heterocycles. The Morgan fingerprint density at radius 3 is 2.78 bits per heavy atom. The Balaban J connectivity index is 1.50. The maximum atomic E-state index is 12.8. The van der Waals surface area contributed by atoms with Gasteiger partial charge in [-0.3, -0.25) is 0 Å². The molecule has 0 radical (unpaired) electrons. The summed E-state index contributed by atoms with van der Waals surface area (Å²) in [4.78, 5) is 21.7. The number of urea groups is 1. The van der Waals surface area contributed by atoms with E-state index in [0.29, 0.717) is 26.3 Å². The highest BCUT2D eigenvalue weighted by molar-refractivity contribution is 5.74. The summed E-state index contributed by atoms with van der Waals surface area (Å²) in [5, 5.41) is 3.05. The topological polar surface area (TPSA) is 76.6 Å². The number of carbonyl (C=O) groups excluding carboxylic acids is 1. The van der Waals surface area contributed by atoms with E-state index >= 15 is 0 Å². The van der Waals surface area contributed by atoms with Crippen molar-refractivity contribution in [3.63, 3.8) is 0 Å². The Kier molecular flexibility index (Phi) is 5.22. The first-order valence-electron chi connectivity index (χ1n) is 7.98. The fraction of sp³-hybridized carbons (Fsp3) is 0.667. The Morgan fingerprint density at radius 1 is 1.30 bits per heavy atom. The molecule has 1 atom stereocenters. The fourth-order valence-corrected chi connectivity index (χ4v) is 2.84. The summed E-state index contributed by atoms with van der Waals surface area (Å²) < 4.78 is 23.7. The Bertz CT molecular complexity index is 522. The Labute approximate surface area is 134 Å². The summed E-state index contributed by atoms with van der Waals surface area (Å²) in [5.74, 6) is -0.501. The molecule has 2 amide bonds. The maximum absolute atomic E-state index is 12.8. The number of piperidine rings is 1. The van der Waals surface area contributed by atoms with E-state index in [9.17, 15) is 9.18 Å². The predicted molar refractivity (Wildman–Crippen MR) is 79.6 cm³/mol. The summed E-state index contributed by atoms with van der Waals surface area (Å²) in [6, 6.07) is 0.256. The minimum Gasteiger partial charge on any atom is -0.458 e. The number of aromatic nitrogens is 2. The zero-order valence-corrected chi connectivity index (χ0v) is 12.9. The van der Waals surface area contributed by atoms with Crippen LogP contribution in [0.1, 0.15) is 25.7 Å². The summed E-state index contributed by atoms with van der Waals surface area (Å²) in [6.07, 6.45) is 5.34. The first kappa shape index (κ1) is 15.9. The second-order valence-corrected chi connectivity index (χ2v) is 5.85. The summed E-state index contributed by atoms with van der Waals surface area (Å²) >= 11 is 0. The SMILES string of the molecule is O=C(NC1CCOCC1)N1CCCC(Oc2ncc(F)cn2)C1. The molecule has 3 rings (SSSR count). The molecule has 23 heavy (non-hydrogen) atoms. The van der Waals surface area contributed by atoms with E-state index in [1.165, 1.54) is 0 Å². The van der Waals surface area contributed by atoms with Gasteiger partial charge in [0, 0.05) is 25.8 Å².